The molecule has 2 heterocycles. The Kier molecular flexibility index (Phi) is 4.96. The van der Waals surface area contributed by atoms with Gasteiger partial charge in [-0.3, -0.25) is 4.79 Å². The van der Waals surface area contributed by atoms with Crippen molar-refractivity contribution in [3.8, 4) is 0 Å². The van der Waals surface area contributed by atoms with Crippen LogP contribution < -0.4 is 15.8 Å². The molecule has 1 aromatic rings. The van der Waals surface area contributed by atoms with Gasteiger partial charge in [0.05, 0.1) is 0 Å². The van der Waals surface area contributed by atoms with Crippen LogP contribution in [0, 0.1) is 12.8 Å². The molecule has 1 unspecified atom stereocenters. The van der Waals surface area contributed by atoms with E-state index in [1.54, 1.807) is 6.07 Å². The normalized spacial score (nSPS) is 19.7. The standard InChI is InChI=1S/C14H24N4O/c1-3-6-15-9-12-5-4-7-18(10-12)13-8-14(19)17-11(2)16-13/h8,12,15H,3-7,9-10H2,1-2H3,(H,16,17,19). The van der Waals surface area contributed by atoms with Crippen molar-refractivity contribution in [3.05, 3.63) is 22.2 Å². The highest BCUT2D eigenvalue weighted by atomic mass is 16.1. The lowest BCUT2D eigenvalue weighted by Crippen LogP contribution is -2.40. The van der Waals surface area contributed by atoms with Gasteiger partial charge in [-0.15, -0.1) is 0 Å². The lowest BCUT2D eigenvalue weighted by molar-refractivity contribution is 0.391. The Morgan fingerprint density at radius 1 is 1.58 bits per heavy atom. The van der Waals surface area contributed by atoms with Crippen LogP contribution in [0.15, 0.2) is 10.9 Å². The maximum absolute atomic E-state index is 11.5. The molecular weight excluding hydrogens is 240 g/mol. The zero-order valence-corrected chi connectivity index (χ0v) is 11.9. The molecule has 1 fully saturated rings. The highest BCUT2D eigenvalue weighted by molar-refractivity contribution is 5.37. The summed E-state index contributed by atoms with van der Waals surface area (Å²) in [6, 6.07) is 1.61. The van der Waals surface area contributed by atoms with E-state index >= 15 is 0 Å². The van der Waals surface area contributed by atoms with Crippen LogP contribution in [-0.2, 0) is 0 Å². The molecule has 5 heteroatoms. The van der Waals surface area contributed by atoms with Crippen molar-refractivity contribution in [2.24, 2.45) is 5.92 Å². The van der Waals surface area contributed by atoms with Crippen LogP contribution in [0.3, 0.4) is 0 Å². The molecule has 0 spiro atoms. The van der Waals surface area contributed by atoms with Gasteiger partial charge in [0.15, 0.2) is 0 Å². The molecule has 1 saturated heterocycles. The molecule has 1 aliphatic heterocycles. The molecule has 1 aromatic heterocycles. The number of aromatic amines is 1. The van der Waals surface area contributed by atoms with Crippen LogP contribution in [0.5, 0.6) is 0 Å². The van der Waals surface area contributed by atoms with Crippen LogP contribution in [0.25, 0.3) is 0 Å². The highest BCUT2D eigenvalue weighted by Crippen LogP contribution is 2.20. The number of aryl methyl sites for hydroxylation is 1. The minimum absolute atomic E-state index is 0.0614. The summed E-state index contributed by atoms with van der Waals surface area (Å²) < 4.78 is 0. The Bertz CT molecular complexity index is 457. The zero-order chi connectivity index (χ0) is 13.7. The lowest BCUT2D eigenvalue weighted by Gasteiger charge is -2.33. The Morgan fingerprint density at radius 3 is 3.16 bits per heavy atom. The van der Waals surface area contributed by atoms with Crippen LogP contribution >= 0.6 is 0 Å². The average Bonchev–Trinajstić information content (AvgIpc) is 2.38. The fourth-order valence-corrected chi connectivity index (χ4v) is 2.65. The quantitative estimate of drug-likeness (QED) is 0.787. The van der Waals surface area contributed by atoms with Gasteiger partial charge in [-0.1, -0.05) is 6.92 Å². The number of anilines is 1. The SMILES string of the molecule is CCCNCC1CCCN(c2cc(=O)[nH]c(C)n2)C1. The van der Waals surface area contributed by atoms with Gasteiger partial charge in [-0.2, -0.15) is 0 Å². The first-order chi connectivity index (χ1) is 9.19. The third kappa shape index (κ3) is 4.06. The molecule has 106 valence electrons. The number of H-pyrrole nitrogens is 1. The summed E-state index contributed by atoms with van der Waals surface area (Å²) in [4.78, 5) is 20.9. The molecule has 5 nitrogen and oxygen atoms in total. The minimum atomic E-state index is -0.0614. The average molecular weight is 264 g/mol. The third-order valence-electron chi connectivity index (χ3n) is 3.55. The van der Waals surface area contributed by atoms with E-state index in [0.29, 0.717) is 11.7 Å². The van der Waals surface area contributed by atoms with E-state index in [4.69, 9.17) is 0 Å². The Morgan fingerprint density at radius 2 is 2.42 bits per heavy atom. The van der Waals surface area contributed by atoms with E-state index in [2.05, 4.69) is 27.1 Å². The fourth-order valence-electron chi connectivity index (χ4n) is 2.65. The predicted octanol–water partition coefficient (Wildman–Crippen LogP) is 1.29. The maximum atomic E-state index is 11.5. The summed E-state index contributed by atoms with van der Waals surface area (Å²) in [7, 11) is 0. The van der Waals surface area contributed by atoms with Crippen molar-refractivity contribution in [1.82, 2.24) is 15.3 Å². The number of hydrogen-bond acceptors (Lipinski definition) is 4. The Balaban J connectivity index is 1.98. The van der Waals surface area contributed by atoms with Crippen LogP contribution in [0.2, 0.25) is 0 Å². The minimum Gasteiger partial charge on any atom is -0.356 e. The molecule has 0 aromatic carbocycles. The van der Waals surface area contributed by atoms with Gasteiger partial charge in [0, 0.05) is 19.2 Å². The number of hydrogen-bond donors (Lipinski definition) is 2. The second kappa shape index (κ2) is 6.70. The highest BCUT2D eigenvalue weighted by Gasteiger charge is 2.20. The monoisotopic (exact) mass is 264 g/mol. The molecule has 1 atom stereocenters. The number of piperidine rings is 1. The molecule has 1 aliphatic rings. The van der Waals surface area contributed by atoms with Gasteiger partial charge in [0.2, 0.25) is 0 Å². The third-order valence-corrected chi connectivity index (χ3v) is 3.55. The lowest BCUT2D eigenvalue weighted by atomic mass is 9.98. The maximum Gasteiger partial charge on any atom is 0.252 e. The van der Waals surface area contributed by atoms with E-state index in [9.17, 15) is 4.79 Å². The van der Waals surface area contributed by atoms with Crippen molar-refractivity contribution in [3.63, 3.8) is 0 Å². The molecule has 0 saturated carbocycles. The van der Waals surface area contributed by atoms with Crippen LogP contribution in [0.1, 0.15) is 32.0 Å². The van der Waals surface area contributed by atoms with Gasteiger partial charge in [-0.25, -0.2) is 4.98 Å². The molecule has 19 heavy (non-hydrogen) atoms. The summed E-state index contributed by atoms with van der Waals surface area (Å²) >= 11 is 0. The van der Waals surface area contributed by atoms with Gasteiger partial charge >= 0.3 is 0 Å². The first-order valence-corrected chi connectivity index (χ1v) is 7.22. The summed E-state index contributed by atoms with van der Waals surface area (Å²) in [6.07, 6.45) is 3.60. The van der Waals surface area contributed by atoms with Gasteiger partial charge in [0.25, 0.3) is 5.56 Å². The summed E-state index contributed by atoms with van der Waals surface area (Å²) in [5, 5.41) is 3.48. The van der Waals surface area contributed by atoms with E-state index in [0.717, 1.165) is 32.0 Å². The van der Waals surface area contributed by atoms with Crippen molar-refractivity contribution >= 4 is 5.82 Å². The van der Waals surface area contributed by atoms with E-state index in [-0.39, 0.29) is 5.56 Å². The van der Waals surface area contributed by atoms with E-state index in [1.807, 2.05) is 6.92 Å². The van der Waals surface area contributed by atoms with Gasteiger partial charge in [-0.05, 0) is 45.2 Å². The van der Waals surface area contributed by atoms with E-state index < -0.39 is 0 Å². The Labute approximate surface area is 114 Å². The molecule has 0 amide bonds. The van der Waals surface area contributed by atoms with E-state index in [1.165, 1.54) is 19.3 Å². The van der Waals surface area contributed by atoms with Crippen molar-refractivity contribution in [2.75, 3.05) is 31.1 Å². The number of rotatable bonds is 5. The molecule has 2 rings (SSSR count). The van der Waals surface area contributed by atoms with Crippen molar-refractivity contribution < 1.29 is 0 Å². The first kappa shape index (κ1) is 14.1. The van der Waals surface area contributed by atoms with Gasteiger partial charge < -0.3 is 15.2 Å². The van der Waals surface area contributed by atoms with Crippen molar-refractivity contribution in [1.29, 1.82) is 0 Å². The smallest absolute Gasteiger partial charge is 0.252 e. The van der Waals surface area contributed by atoms with Crippen LogP contribution in [0.4, 0.5) is 5.82 Å². The second-order valence-electron chi connectivity index (χ2n) is 5.35. The number of nitrogens with one attached hydrogen (secondary N) is 2. The topological polar surface area (TPSA) is 61.0 Å². The Hall–Kier alpha value is -1.36. The molecular formula is C14H24N4O. The summed E-state index contributed by atoms with van der Waals surface area (Å²) in [6.45, 7) is 8.15. The predicted molar refractivity (Wildman–Crippen MR) is 77.7 cm³/mol. The molecule has 0 radical (unpaired) electrons. The largest absolute Gasteiger partial charge is 0.356 e. The summed E-state index contributed by atoms with van der Waals surface area (Å²) in [5.74, 6) is 2.16. The number of aromatic nitrogens is 2. The van der Waals surface area contributed by atoms with Crippen molar-refractivity contribution in [2.45, 2.75) is 33.1 Å². The van der Waals surface area contributed by atoms with Gasteiger partial charge in [0.1, 0.15) is 11.6 Å². The first-order valence-electron chi connectivity index (χ1n) is 7.22. The van der Waals surface area contributed by atoms with Crippen LogP contribution in [-0.4, -0.2) is 36.1 Å². The molecule has 0 bridgehead atoms. The fraction of sp³-hybridized carbons (Fsp3) is 0.714. The second-order valence-corrected chi connectivity index (χ2v) is 5.35. The zero-order valence-electron chi connectivity index (χ0n) is 11.9. The summed E-state index contributed by atoms with van der Waals surface area (Å²) in [5.41, 5.74) is -0.0614. The number of nitrogens with zero attached hydrogens (tertiary/aromatic N) is 2. The molecule has 2 N–H and O–H groups in total. The molecule has 0 aliphatic carbocycles.